The molecule has 1 rings (SSSR count). The Balaban J connectivity index is 2.16. The molecule has 2 N–H and O–H groups in total. The molecule has 102 valence electrons. The number of aliphatic hydroxyl groups is 2. The largest absolute Gasteiger partial charge is 0.395 e. The van der Waals surface area contributed by atoms with Crippen molar-refractivity contribution in [3.05, 3.63) is 0 Å². The summed E-state index contributed by atoms with van der Waals surface area (Å²) in [5.41, 5.74) is 0. The monoisotopic (exact) mass is 249 g/mol. The molecule has 0 saturated carbocycles. The van der Waals surface area contributed by atoms with E-state index in [1.165, 1.54) is 0 Å². The van der Waals surface area contributed by atoms with E-state index in [1.54, 1.807) is 7.11 Å². The van der Waals surface area contributed by atoms with Crippen LogP contribution in [-0.2, 0) is 14.2 Å². The van der Waals surface area contributed by atoms with Crippen LogP contribution in [0.2, 0.25) is 0 Å². The van der Waals surface area contributed by atoms with Gasteiger partial charge >= 0.3 is 0 Å². The Kier molecular flexibility index (Phi) is 7.67. The van der Waals surface area contributed by atoms with Crippen molar-refractivity contribution in [2.75, 3.05) is 59.8 Å². The van der Waals surface area contributed by atoms with Crippen molar-refractivity contribution in [3.63, 3.8) is 0 Å². The van der Waals surface area contributed by atoms with E-state index >= 15 is 0 Å². The normalized spacial score (nSPS) is 23.8. The minimum absolute atomic E-state index is 0.0163. The molecule has 0 aromatic heterocycles. The molecule has 0 aromatic rings. The number of methoxy groups -OCH3 is 1. The van der Waals surface area contributed by atoms with Crippen LogP contribution < -0.4 is 0 Å². The summed E-state index contributed by atoms with van der Waals surface area (Å²) in [6.07, 6.45) is -0.543. The molecule has 0 radical (unpaired) electrons. The first-order valence-corrected chi connectivity index (χ1v) is 5.95. The van der Waals surface area contributed by atoms with E-state index in [4.69, 9.17) is 19.3 Å². The number of aliphatic hydroxyl groups excluding tert-OH is 2. The number of rotatable bonds is 8. The molecule has 0 spiro atoms. The third-order valence-corrected chi connectivity index (χ3v) is 2.75. The Labute approximate surface area is 102 Å². The standard InChI is InChI=1S/C11H23NO5/c1-15-4-5-17-9-11(14)6-12-2-3-16-8-10(12)7-13/h10-11,13-14H,2-9H2,1H3. The maximum atomic E-state index is 9.78. The van der Waals surface area contributed by atoms with Crippen LogP contribution in [-0.4, -0.2) is 87.1 Å². The topological polar surface area (TPSA) is 71.4 Å². The van der Waals surface area contributed by atoms with Crippen LogP contribution in [0.15, 0.2) is 0 Å². The molecule has 1 saturated heterocycles. The van der Waals surface area contributed by atoms with E-state index in [2.05, 4.69) is 0 Å². The Morgan fingerprint density at radius 2 is 2.29 bits per heavy atom. The lowest BCUT2D eigenvalue weighted by Gasteiger charge is -2.35. The van der Waals surface area contributed by atoms with Crippen molar-refractivity contribution in [2.24, 2.45) is 0 Å². The number of β-amino-alcohol motifs (C(OH)–C–C–N with tert-alkyl or cyclic N) is 1. The number of hydrogen-bond donors (Lipinski definition) is 2. The van der Waals surface area contributed by atoms with Gasteiger partial charge in [-0.25, -0.2) is 0 Å². The van der Waals surface area contributed by atoms with Crippen LogP contribution in [0, 0.1) is 0 Å². The lowest BCUT2D eigenvalue weighted by atomic mass is 10.2. The molecule has 0 aliphatic carbocycles. The molecule has 1 aliphatic rings. The summed E-state index contributed by atoms with van der Waals surface area (Å²) in [5, 5.41) is 19.0. The average molecular weight is 249 g/mol. The predicted molar refractivity (Wildman–Crippen MR) is 62.0 cm³/mol. The number of ether oxygens (including phenoxy) is 3. The maximum Gasteiger partial charge on any atom is 0.0900 e. The van der Waals surface area contributed by atoms with Crippen LogP contribution in [0.3, 0.4) is 0 Å². The molecule has 0 bridgehead atoms. The number of nitrogens with zero attached hydrogens (tertiary/aromatic N) is 1. The highest BCUT2D eigenvalue weighted by atomic mass is 16.5. The van der Waals surface area contributed by atoms with E-state index in [9.17, 15) is 5.11 Å². The lowest BCUT2D eigenvalue weighted by Crippen LogP contribution is -2.50. The van der Waals surface area contributed by atoms with Crippen molar-refractivity contribution >= 4 is 0 Å². The van der Waals surface area contributed by atoms with Crippen molar-refractivity contribution in [3.8, 4) is 0 Å². The fraction of sp³-hybridized carbons (Fsp3) is 1.00. The summed E-state index contributed by atoms with van der Waals surface area (Å²) in [4.78, 5) is 2.04. The summed E-state index contributed by atoms with van der Waals surface area (Å²) in [6, 6.07) is -0.0163. The molecule has 2 atom stereocenters. The molecule has 17 heavy (non-hydrogen) atoms. The molecule has 6 heteroatoms. The molecular formula is C11H23NO5. The second kappa shape index (κ2) is 8.79. The van der Waals surface area contributed by atoms with Crippen molar-refractivity contribution in [1.29, 1.82) is 0 Å². The van der Waals surface area contributed by atoms with E-state index in [0.29, 0.717) is 39.6 Å². The number of morpholine rings is 1. The Morgan fingerprint density at radius 3 is 3.00 bits per heavy atom. The highest BCUT2D eigenvalue weighted by Gasteiger charge is 2.24. The van der Waals surface area contributed by atoms with Gasteiger partial charge in [0, 0.05) is 20.2 Å². The van der Waals surface area contributed by atoms with E-state index in [-0.39, 0.29) is 12.6 Å². The van der Waals surface area contributed by atoms with Gasteiger partial charge in [0.05, 0.1) is 51.8 Å². The van der Waals surface area contributed by atoms with Gasteiger partial charge in [-0.15, -0.1) is 0 Å². The molecule has 2 unspecified atom stereocenters. The Bertz CT molecular complexity index is 193. The van der Waals surface area contributed by atoms with E-state index in [1.807, 2.05) is 4.90 Å². The van der Waals surface area contributed by atoms with Crippen LogP contribution >= 0.6 is 0 Å². The summed E-state index contributed by atoms with van der Waals surface area (Å²) >= 11 is 0. The van der Waals surface area contributed by atoms with Gasteiger partial charge in [0.15, 0.2) is 0 Å². The summed E-state index contributed by atoms with van der Waals surface area (Å²) in [5.74, 6) is 0. The molecule has 1 heterocycles. The molecule has 0 amide bonds. The fourth-order valence-electron chi connectivity index (χ4n) is 1.78. The van der Waals surface area contributed by atoms with Gasteiger partial charge in [0.1, 0.15) is 0 Å². The van der Waals surface area contributed by atoms with Gasteiger partial charge < -0.3 is 24.4 Å². The molecular weight excluding hydrogens is 226 g/mol. The zero-order valence-corrected chi connectivity index (χ0v) is 10.4. The van der Waals surface area contributed by atoms with Crippen molar-refractivity contribution in [2.45, 2.75) is 12.1 Å². The third kappa shape index (κ3) is 5.76. The zero-order valence-electron chi connectivity index (χ0n) is 10.4. The van der Waals surface area contributed by atoms with Gasteiger partial charge in [-0.1, -0.05) is 0 Å². The summed E-state index contributed by atoms with van der Waals surface area (Å²) in [6.45, 7) is 3.77. The number of hydrogen-bond acceptors (Lipinski definition) is 6. The van der Waals surface area contributed by atoms with Gasteiger partial charge in [-0.3, -0.25) is 4.90 Å². The van der Waals surface area contributed by atoms with E-state index in [0.717, 1.165) is 6.54 Å². The zero-order chi connectivity index (χ0) is 12.5. The van der Waals surface area contributed by atoms with Crippen LogP contribution in [0.4, 0.5) is 0 Å². The predicted octanol–water partition coefficient (Wildman–Crippen LogP) is -1.30. The van der Waals surface area contributed by atoms with Gasteiger partial charge in [-0.2, -0.15) is 0 Å². The van der Waals surface area contributed by atoms with Crippen LogP contribution in [0.1, 0.15) is 0 Å². The fourth-order valence-corrected chi connectivity index (χ4v) is 1.78. The van der Waals surface area contributed by atoms with Crippen LogP contribution in [0.5, 0.6) is 0 Å². The molecule has 1 fully saturated rings. The first-order valence-electron chi connectivity index (χ1n) is 5.95. The Morgan fingerprint density at radius 1 is 1.47 bits per heavy atom. The lowest BCUT2D eigenvalue weighted by molar-refractivity contribution is -0.0580. The molecule has 0 aromatic carbocycles. The highest BCUT2D eigenvalue weighted by molar-refractivity contribution is 4.76. The highest BCUT2D eigenvalue weighted by Crippen LogP contribution is 2.07. The smallest absolute Gasteiger partial charge is 0.0900 e. The van der Waals surface area contributed by atoms with Crippen molar-refractivity contribution in [1.82, 2.24) is 4.90 Å². The minimum Gasteiger partial charge on any atom is -0.395 e. The SMILES string of the molecule is COCCOCC(O)CN1CCOCC1CO. The van der Waals surface area contributed by atoms with Gasteiger partial charge in [0.2, 0.25) is 0 Å². The Hall–Kier alpha value is -0.240. The van der Waals surface area contributed by atoms with E-state index < -0.39 is 6.10 Å². The third-order valence-electron chi connectivity index (χ3n) is 2.75. The van der Waals surface area contributed by atoms with Gasteiger partial charge in [0.25, 0.3) is 0 Å². The average Bonchev–Trinajstić information content (AvgIpc) is 2.35. The molecule has 1 aliphatic heterocycles. The first kappa shape index (κ1) is 14.8. The summed E-state index contributed by atoms with van der Waals surface area (Å²) in [7, 11) is 1.61. The van der Waals surface area contributed by atoms with Crippen molar-refractivity contribution < 1.29 is 24.4 Å². The van der Waals surface area contributed by atoms with Gasteiger partial charge in [-0.05, 0) is 0 Å². The molecule has 6 nitrogen and oxygen atoms in total. The maximum absolute atomic E-state index is 9.78. The first-order chi connectivity index (χ1) is 8.27. The second-order valence-electron chi connectivity index (χ2n) is 4.13. The second-order valence-corrected chi connectivity index (χ2v) is 4.13. The summed E-state index contributed by atoms with van der Waals surface area (Å²) < 4.78 is 15.4. The quantitative estimate of drug-likeness (QED) is 0.521. The van der Waals surface area contributed by atoms with Crippen LogP contribution in [0.25, 0.3) is 0 Å². The minimum atomic E-state index is -0.543.